The molecule has 0 fully saturated rings. The third-order valence-corrected chi connectivity index (χ3v) is 4.09. The number of methoxy groups -OCH3 is 2. The van der Waals surface area contributed by atoms with E-state index in [0.717, 1.165) is 11.4 Å². The highest BCUT2D eigenvalue weighted by atomic mass is 16.5. The fraction of sp³-hybridized carbons (Fsp3) is 0.190. The van der Waals surface area contributed by atoms with Crippen LogP contribution in [0.15, 0.2) is 61.2 Å². The number of ether oxygens (including phenoxy) is 2. The number of hydrogen-bond acceptors (Lipinski definition) is 6. The molecule has 0 radical (unpaired) electrons. The van der Waals surface area contributed by atoms with Crippen molar-refractivity contribution in [3.05, 3.63) is 66.8 Å². The zero-order valence-electron chi connectivity index (χ0n) is 16.3. The summed E-state index contributed by atoms with van der Waals surface area (Å²) < 4.78 is 12.4. The second-order valence-electron chi connectivity index (χ2n) is 6.02. The topological polar surface area (TPSA) is 90.3 Å². The van der Waals surface area contributed by atoms with Gasteiger partial charge in [0.2, 0.25) is 5.91 Å². The molecule has 0 saturated heterocycles. The van der Waals surface area contributed by atoms with Gasteiger partial charge < -0.3 is 24.7 Å². The highest BCUT2D eigenvalue weighted by Crippen LogP contribution is 2.27. The predicted molar refractivity (Wildman–Crippen MR) is 111 cm³/mol. The molecule has 3 aromatic rings. The number of hydrogen-bond donors (Lipinski definition) is 2. The Morgan fingerprint density at radius 2 is 1.86 bits per heavy atom. The largest absolute Gasteiger partial charge is 0.493 e. The van der Waals surface area contributed by atoms with Gasteiger partial charge in [-0.2, -0.15) is 0 Å². The van der Waals surface area contributed by atoms with Crippen molar-refractivity contribution in [1.82, 2.24) is 19.9 Å². The number of amides is 1. The van der Waals surface area contributed by atoms with E-state index in [1.165, 1.54) is 12.4 Å². The van der Waals surface area contributed by atoms with E-state index in [1.54, 1.807) is 26.4 Å². The van der Waals surface area contributed by atoms with Crippen molar-refractivity contribution in [1.29, 1.82) is 0 Å². The summed E-state index contributed by atoms with van der Waals surface area (Å²) in [6.07, 6.45) is 8.53. The van der Waals surface area contributed by atoms with Crippen molar-refractivity contribution in [3.8, 4) is 17.3 Å². The lowest BCUT2D eigenvalue weighted by Crippen LogP contribution is -2.27. The Labute approximate surface area is 169 Å². The van der Waals surface area contributed by atoms with Crippen molar-refractivity contribution in [3.63, 3.8) is 0 Å². The molecule has 8 heteroatoms. The molecule has 150 valence electrons. The maximum Gasteiger partial charge on any atom is 0.244 e. The SMILES string of the molecule is COc1ccc(C=CC(=O)NCCNc2cc(-n3cccc3)ncn2)cc1OC. The maximum absolute atomic E-state index is 12.0. The van der Waals surface area contributed by atoms with E-state index in [9.17, 15) is 4.79 Å². The van der Waals surface area contributed by atoms with Crippen LogP contribution in [-0.2, 0) is 4.79 Å². The van der Waals surface area contributed by atoms with Crippen LogP contribution in [-0.4, -0.2) is 47.8 Å². The first-order valence-electron chi connectivity index (χ1n) is 9.07. The van der Waals surface area contributed by atoms with Crippen LogP contribution in [0.2, 0.25) is 0 Å². The molecule has 29 heavy (non-hydrogen) atoms. The van der Waals surface area contributed by atoms with Crippen LogP contribution >= 0.6 is 0 Å². The Kier molecular flexibility index (Phi) is 6.83. The van der Waals surface area contributed by atoms with Crippen LogP contribution < -0.4 is 20.1 Å². The first-order chi connectivity index (χ1) is 14.2. The highest BCUT2D eigenvalue weighted by molar-refractivity contribution is 5.91. The average molecular weight is 393 g/mol. The minimum Gasteiger partial charge on any atom is -0.493 e. The average Bonchev–Trinajstić information content (AvgIpc) is 3.30. The molecule has 0 aliphatic rings. The fourth-order valence-corrected chi connectivity index (χ4v) is 2.64. The summed E-state index contributed by atoms with van der Waals surface area (Å²) in [5.41, 5.74) is 0.842. The van der Waals surface area contributed by atoms with Gasteiger partial charge in [-0.1, -0.05) is 6.07 Å². The Morgan fingerprint density at radius 3 is 2.62 bits per heavy atom. The molecule has 2 N–H and O–H groups in total. The quantitative estimate of drug-likeness (QED) is 0.429. The van der Waals surface area contributed by atoms with Gasteiger partial charge in [0.15, 0.2) is 11.5 Å². The van der Waals surface area contributed by atoms with Gasteiger partial charge in [0.1, 0.15) is 18.0 Å². The van der Waals surface area contributed by atoms with Crippen molar-refractivity contribution in [2.24, 2.45) is 0 Å². The Balaban J connectivity index is 1.46. The fourth-order valence-electron chi connectivity index (χ4n) is 2.64. The van der Waals surface area contributed by atoms with E-state index >= 15 is 0 Å². The number of aromatic nitrogens is 3. The number of nitrogens with zero attached hydrogens (tertiary/aromatic N) is 3. The molecule has 2 heterocycles. The minimum absolute atomic E-state index is 0.183. The summed E-state index contributed by atoms with van der Waals surface area (Å²) in [7, 11) is 3.15. The van der Waals surface area contributed by atoms with Gasteiger partial charge in [0, 0.05) is 37.6 Å². The van der Waals surface area contributed by atoms with Gasteiger partial charge in [0.05, 0.1) is 14.2 Å². The Hall–Kier alpha value is -3.81. The van der Waals surface area contributed by atoms with Gasteiger partial charge in [-0.25, -0.2) is 9.97 Å². The molecule has 0 bridgehead atoms. The lowest BCUT2D eigenvalue weighted by atomic mass is 10.2. The lowest BCUT2D eigenvalue weighted by molar-refractivity contribution is -0.116. The molecule has 8 nitrogen and oxygen atoms in total. The van der Waals surface area contributed by atoms with E-state index in [2.05, 4.69) is 20.6 Å². The number of carbonyl (C=O) groups is 1. The number of carbonyl (C=O) groups excluding carboxylic acids is 1. The van der Waals surface area contributed by atoms with Gasteiger partial charge in [-0.05, 0) is 35.9 Å². The summed E-state index contributed by atoms with van der Waals surface area (Å²) in [4.78, 5) is 20.4. The maximum atomic E-state index is 12.0. The summed E-state index contributed by atoms with van der Waals surface area (Å²) >= 11 is 0. The molecule has 0 aliphatic heterocycles. The second-order valence-corrected chi connectivity index (χ2v) is 6.02. The predicted octanol–water partition coefficient (Wildman–Crippen LogP) is 2.53. The van der Waals surface area contributed by atoms with Gasteiger partial charge >= 0.3 is 0 Å². The van der Waals surface area contributed by atoms with Crippen molar-refractivity contribution in [2.45, 2.75) is 0 Å². The molecule has 0 spiro atoms. The summed E-state index contributed by atoms with van der Waals surface area (Å²) in [5.74, 6) is 2.54. The zero-order valence-corrected chi connectivity index (χ0v) is 16.3. The van der Waals surface area contributed by atoms with Crippen LogP contribution in [0.4, 0.5) is 5.82 Å². The van der Waals surface area contributed by atoms with Crippen LogP contribution in [0.5, 0.6) is 11.5 Å². The number of anilines is 1. The lowest BCUT2D eigenvalue weighted by Gasteiger charge is -2.08. The van der Waals surface area contributed by atoms with Gasteiger partial charge in [-0.3, -0.25) is 4.79 Å². The molecule has 3 rings (SSSR count). The third kappa shape index (κ3) is 5.58. The van der Waals surface area contributed by atoms with Crippen molar-refractivity contribution in [2.75, 3.05) is 32.6 Å². The first kappa shape index (κ1) is 19.9. The first-order valence-corrected chi connectivity index (χ1v) is 9.07. The number of nitrogens with one attached hydrogen (secondary N) is 2. The molecule has 2 aromatic heterocycles. The smallest absolute Gasteiger partial charge is 0.244 e. The molecule has 1 amide bonds. The summed E-state index contributed by atoms with van der Waals surface area (Å²) in [5, 5.41) is 5.99. The molecular weight excluding hydrogens is 370 g/mol. The number of rotatable bonds is 9. The van der Waals surface area contributed by atoms with E-state index < -0.39 is 0 Å². The summed E-state index contributed by atoms with van der Waals surface area (Å²) in [6.45, 7) is 0.996. The van der Waals surface area contributed by atoms with E-state index in [1.807, 2.05) is 47.3 Å². The normalized spacial score (nSPS) is 10.7. The third-order valence-electron chi connectivity index (χ3n) is 4.09. The monoisotopic (exact) mass is 393 g/mol. The Morgan fingerprint density at radius 1 is 1.07 bits per heavy atom. The number of benzene rings is 1. The van der Waals surface area contributed by atoms with Crippen molar-refractivity contribution >= 4 is 17.8 Å². The molecule has 1 aromatic carbocycles. The van der Waals surface area contributed by atoms with Crippen LogP contribution in [0.25, 0.3) is 11.9 Å². The van der Waals surface area contributed by atoms with E-state index in [4.69, 9.17) is 9.47 Å². The standard InChI is InChI=1S/C21H23N5O3/c1-28-17-7-5-16(13-18(17)29-2)6-8-21(27)23-10-9-22-19-14-20(25-15-24-19)26-11-3-4-12-26/h3-8,11-15H,9-10H2,1-2H3,(H,23,27)(H,22,24,25). The summed E-state index contributed by atoms with van der Waals surface area (Å²) in [6, 6.07) is 11.2. The van der Waals surface area contributed by atoms with Gasteiger partial charge in [-0.15, -0.1) is 0 Å². The molecule has 0 atom stereocenters. The van der Waals surface area contributed by atoms with Crippen molar-refractivity contribution < 1.29 is 14.3 Å². The van der Waals surface area contributed by atoms with Crippen LogP contribution in [0.1, 0.15) is 5.56 Å². The molecule has 0 aliphatic carbocycles. The zero-order chi connectivity index (χ0) is 20.5. The second kappa shape index (κ2) is 9.93. The molecular formula is C21H23N5O3. The minimum atomic E-state index is -0.183. The molecule has 0 unspecified atom stereocenters. The van der Waals surface area contributed by atoms with Gasteiger partial charge in [0.25, 0.3) is 0 Å². The Bertz CT molecular complexity index is 970. The van der Waals surface area contributed by atoms with E-state index in [0.29, 0.717) is 30.4 Å². The van der Waals surface area contributed by atoms with Crippen LogP contribution in [0, 0.1) is 0 Å². The highest BCUT2D eigenvalue weighted by Gasteiger charge is 2.03. The van der Waals surface area contributed by atoms with E-state index in [-0.39, 0.29) is 5.91 Å². The molecule has 0 saturated carbocycles. The van der Waals surface area contributed by atoms with Crippen LogP contribution in [0.3, 0.4) is 0 Å².